The Labute approximate surface area is 123 Å². The Hall–Kier alpha value is -2.54. The molecule has 0 saturated heterocycles. The Morgan fingerprint density at radius 3 is 2.73 bits per heavy atom. The fourth-order valence-electron chi connectivity index (χ4n) is 2.11. The van der Waals surface area contributed by atoms with Gasteiger partial charge in [-0.25, -0.2) is 0 Å². The van der Waals surface area contributed by atoms with Crippen LogP contribution in [0.4, 0.5) is 13.2 Å². The first-order chi connectivity index (χ1) is 10.5. The van der Waals surface area contributed by atoms with Crippen molar-refractivity contribution in [3.63, 3.8) is 0 Å². The maximum absolute atomic E-state index is 12.6. The molecule has 22 heavy (non-hydrogen) atoms. The molecule has 0 aliphatic carbocycles. The number of benzene rings is 1. The van der Waals surface area contributed by atoms with Gasteiger partial charge in [-0.3, -0.25) is 4.98 Å². The lowest BCUT2D eigenvalue weighted by Gasteiger charge is -2.10. The zero-order valence-corrected chi connectivity index (χ0v) is 11.1. The molecule has 3 aromatic rings. The Morgan fingerprint density at radius 1 is 1.27 bits per heavy atom. The number of hydrogen-bond donors (Lipinski definition) is 1. The van der Waals surface area contributed by atoms with E-state index in [2.05, 4.69) is 15.8 Å². The molecule has 1 aromatic carbocycles. The van der Waals surface area contributed by atoms with E-state index in [1.165, 1.54) is 12.3 Å². The molecule has 0 bridgehead atoms. The van der Waals surface area contributed by atoms with Crippen molar-refractivity contribution in [2.45, 2.75) is 12.9 Å². The van der Waals surface area contributed by atoms with Crippen LogP contribution in [0, 0.1) is 6.07 Å². The number of halogens is 3. The third-order valence-electron chi connectivity index (χ3n) is 2.97. The lowest BCUT2D eigenvalue weighted by atomic mass is 10.1. The van der Waals surface area contributed by atoms with Crippen LogP contribution in [0.15, 0.2) is 40.9 Å². The summed E-state index contributed by atoms with van der Waals surface area (Å²) in [5.74, 6) is -0.0529. The second-order valence-corrected chi connectivity index (χ2v) is 4.50. The molecule has 2 aromatic heterocycles. The first-order valence-electron chi connectivity index (χ1n) is 6.31. The molecule has 0 saturated carbocycles. The Morgan fingerprint density at radius 2 is 2.09 bits per heavy atom. The predicted molar refractivity (Wildman–Crippen MR) is 72.9 cm³/mol. The smallest absolute Gasteiger partial charge is 0.456 e. The molecule has 113 valence electrons. The highest BCUT2D eigenvalue weighted by Gasteiger charge is 2.33. The summed E-state index contributed by atoms with van der Waals surface area (Å²) in [4.78, 5) is 4.07. The number of rotatable bonds is 3. The van der Waals surface area contributed by atoms with Gasteiger partial charge in [0.25, 0.3) is 0 Å². The van der Waals surface area contributed by atoms with E-state index in [4.69, 9.17) is 10.2 Å². The van der Waals surface area contributed by atoms with Gasteiger partial charge in [-0.2, -0.15) is 0 Å². The number of furan rings is 1. The van der Waals surface area contributed by atoms with Crippen molar-refractivity contribution in [2.24, 2.45) is 5.73 Å². The van der Waals surface area contributed by atoms with Crippen LogP contribution in [-0.2, 0) is 6.54 Å². The average molecular weight is 307 g/mol. The third-order valence-corrected chi connectivity index (χ3v) is 2.97. The van der Waals surface area contributed by atoms with Crippen LogP contribution in [0.25, 0.3) is 22.2 Å². The van der Waals surface area contributed by atoms with E-state index in [0.29, 0.717) is 22.4 Å². The fourth-order valence-corrected chi connectivity index (χ4v) is 2.11. The zero-order valence-electron chi connectivity index (χ0n) is 11.1. The SMILES string of the molecule is NCc1cc2cc(-c3cc[c]cn3)cc(OC(F)(F)F)c2o1. The van der Waals surface area contributed by atoms with Gasteiger partial charge in [0.15, 0.2) is 11.3 Å². The molecule has 0 aliphatic heterocycles. The molecule has 2 N–H and O–H groups in total. The number of nitrogens with two attached hydrogens (primary N) is 1. The molecule has 0 unspecified atom stereocenters. The molecular weight excluding hydrogens is 297 g/mol. The van der Waals surface area contributed by atoms with Gasteiger partial charge >= 0.3 is 6.36 Å². The molecule has 0 aliphatic rings. The minimum absolute atomic E-state index is 0.00372. The molecule has 7 heteroatoms. The van der Waals surface area contributed by atoms with E-state index in [1.54, 1.807) is 24.3 Å². The van der Waals surface area contributed by atoms with Gasteiger partial charge < -0.3 is 14.9 Å². The van der Waals surface area contributed by atoms with Crippen LogP contribution >= 0.6 is 0 Å². The number of aromatic nitrogens is 1. The van der Waals surface area contributed by atoms with E-state index >= 15 is 0 Å². The molecule has 1 radical (unpaired) electrons. The highest BCUT2D eigenvalue weighted by atomic mass is 19.4. The van der Waals surface area contributed by atoms with E-state index < -0.39 is 12.1 Å². The summed E-state index contributed by atoms with van der Waals surface area (Å²) in [6, 6.07) is 10.5. The Kier molecular flexibility index (Phi) is 3.50. The average Bonchev–Trinajstić information content (AvgIpc) is 2.90. The maximum atomic E-state index is 12.6. The summed E-state index contributed by atoms with van der Waals surface area (Å²) < 4.78 is 47.1. The van der Waals surface area contributed by atoms with Gasteiger partial charge in [0.05, 0.1) is 12.2 Å². The summed E-state index contributed by atoms with van der Waals surface area (Å²) in [5.41, 5.74) is 6.45. The van der Waals surface area contributed by atoms with E-state index in [0.717, 1.165) is 0 Å². The van der Waals surface area contributed by atoms with Gasteiger partial charge in [-0.05, 0) is 24.3 Å². The van der Waals surface area contributed by atoms with Crippen molar-refractivity contribution in [3.05, 3.63) is 48.4 Å². The highest BCUT2D eigenvalue weighted by molar-refractivity contribution is 5.88. The van der Waals surface area contributed by atoms with Crippen LogP contribution in [0.5, 0.6) is 5.75 Å². The van der Waals surface area contributed by atoms with Gasteiger partial charge in [-0.1, -0.05) is 6.07 Å². The molecule has 0 atom stereocenters. The highest BCUT2D eigenvalue weighted by Crippen LogP contribution is 2.36. The Balaban J connectivity index is 2.19. The largest absolute Gasteiger partial charge is 0.573 e. The van der Waals surface area contributed by atoms with Gasteiger partial charge in [-0.15, -0.1) is 13.2 Å². The number of ether oxygens (including phenoxy) is 1. The van der Waals surface area contributed by atoms with Crippen LogP contribution in [0.2, 0.25) is 0 Å². The van der Waals surface area contributed by atoms with Crippen molar-refractivity contribution in [2.75, 3.05) is 0 Å². The van der Waals surface area contributed by atoms with Crippen LogP contribution < -0.4 is 10.5 Å². The summed E-state index contributed by atoms with van der Waals surface area (Å²) in [6.45, 7) is 0.0774. The van der Waals surface area contributed by atoms with Crippen molar-refractivity contribution >= 4 is 11.0 Å². The van der Waals surface area contributed by atoms with E-state index in [9.17, 15) is 13.2 Å². The molecule has 4 nitrogen and oxygen atoms in total. The van der Waals surface area contributed by atoms with Gasteiger partial charge in [0.1, 0.15) is 5.76 Å². The predicted octanol–water partition coefficient (Wildman–Crippen LogP) is 3.65. The molecule has 0 fully saturated rings. The molecule has 2 heterocycles. The first kappa shape index (κ1) is 14.4. The van der Waals surface area contributed by atoms with Gasteiger partial charge in [0.2, 0.25) is 0 Å². The molecular formula is C15H10F3N2O2. The monoisotopic (exact) mass is 307 g/mol. The number of fused-ring (bicyclic) bond motifs is 1. The zero-order chi connectivity index (χ0) is 15.7. The second kappa shape index (κ2) is 5.34. The number of hydrogen-bond acceptors (Lipinski definition) is 4. The minimum atomic E-state index is -4.82. The minimum Gasteiger partial charge on any atom is -0.456 e. The molecule has 0 spiro atoms. The van der Waals surface area contributed by atoms with Crippen molar-refractivity contribution in [1.29, 1.82) is 0 Å². The molecule has 0 amide bonds. The van der Waals surface area contributed by atoms with E-state index in [-0.39, 0.29) is 12.1 Å². The number of pyridine rings is 1. The summed E-state index contributed by atoms with van der Waals surface area (Å²) in [6.07, 6.45) is -3.39. The lowest BCUT2D eigenvalue weighted by Crippen LogP contribution is -2.17. The number of alkyl halides is 3. The second-order valence-electron chi connectivity index (χ2n) is 4.50. The Bertz CT molecular complexity index is 798. The fraction of sp³-hybridized carbons (Fsp3) is 0.133. The van der Waals surface area contributed by atoms with Crippen molar-refractivity contribution in [1.82, 2.24) is 4.98 Å². The maximum Gasteiger partial charge on any atom is 0.573 e. The topological polar surface area (TPSA) is 61.3 Å². The number of nitrogens with zero attached hydrogens (tertiary/aromatic N) is 1. The summed E-state index contributed by atoms with van der Waals surface area (Å²) >= 11 is 0. The third kappa shape index (κ3) is 2.89. The standard InChI is InChI=1S/C15H10F3N2O2/c16-15(17,18)22-13-7-9(12-3-1-2-4-20-12)5-10-6-11(8-19)21-14(10)13/h1,3-7H,8,19H2. The van der Waals surface area contributed by atoms with E-state index in [1.807, 2.05) is 0 Å². The van der Waals surface area contributed by atoms with Crippen molar-refractivity contribution in [3.8, 4) is 17.0 Å². The van der Waals surface area contributed by atoms with Crippen LogP contribution in [-0.4, -0.2) is 11.3 Å². The quantitative estimate of drug-likeness (QED) is 0.802. The first-order valence-corrected chi connectivity index (χ1v) is 6.31. The van der Waals surface area contributed by atoms with Gasteiger partial charge in [0, 0.05) is 23.2 Å². The van der Waals surface area contributed by atoms with Crippen molar-refractivity contribution < 1.29 is 22.3 Å². The lowest BCUT2D eigenvalue weighted by molar-refractivity contribution is -0.274. The summed E-state index contributed by atoms with van der Waals surface area (Å²) in [5, 5.41) is 0.465. The molecule has 3 rings (SSSR count). The van der Waals surface area contributed by atoms with Crippen LogP contribution in [0.3, 0.4) is 0 Å². The van der Waals surface area contributed by atoms with Crippen LogP contribution in [0.1, 0.15) is 5.76 Å². The normalized spacial score (nSPS) is 11.8. The summed E-state index contributed by atoms with van der Waals surface area (Å²) in [7, 11) is 0.